The Labute approximate surface area is 169 Å². The first-order chi connectivity index (χ1) is 14.3. The highest BCUT2D eigenvalue weighted by molar-refractivity contribution is 7.13. The van der Waals surface area contributed by atoms with Crippen molar-refractivity contribution in [2.45, 2.75) is 6.18 Å². The standard InChI is InChI=1S/C19H11F3N6OS/c20-19(21,22)13-6-30-18(27-13)10-4-9(8-2-1-3-12-11(8)5-26-28-12)15(23)14-16(10)24-7-25-17(14)29/h1-7H,23H2,(H,26,28)(H,24,25,29). The van der Waals surface area contributed by atoms with E-state index in [9.17, 15) is 18.0 Å². The van der Waals surface area contributed by atoms with E-state index in [-0.39, 0.29) is 21.6 Å². The highest BCUT2D eigenvalue weighted by Gasteiger charge is 2.34. The molecule has 0 saturated heterocycles. The molecule has 4 N–H and O–H groups in total. The molecule has 2 aromatic carbocycles. The first-order valence-electron chi connectivity index (χ1n) is 8.60. The topological polar surface area (TPSA) is 113 Å². The van der Waals surface area contributed by atoms with E-state index in [4.69, 9.17) is 5.73 Å². The number of benzene rings is 2. The molecule has 0 fully saturated rings. The minimum absolute atomic E-state index is 0.0889. The number of nitrogens with two attached hydrogens (primary N) is 1. The van der Waals surface area contributed by atoms with Crippen LogP contribution in [0.1, 0.15) is 5.69 Å². The van der Waals surface area contributed by atoms with E-state index in [1.165, 1.54) is 6.33 Å². The predicted molar refractivity (Wildman–Crippen MR) is 108 cm³/mol. The SMILES string of the molecule is Nc1c(-c2cccc3[nH]ncc23)cc(-c2nc(C(F)(F)F)cs2)c2nc[nH]c(=O)c12. The van der Waals surface area contributed by atoms with Gasteiger partial charge >= 0.3 is 6.18 Å². The Morgan fingerprint density at radius 2 is 1.97 bits per heavy atom. The number of rotatable bonds is 2. The number of aromatic amines is 2. The van der Waals surface area contributed by atoms with E-state index < -0.39 is 17.4 Å². The summed E-state index contributed by atoms with van der Waals surface area (Å²) in [6, 6.07) is 7.03. The molecule has 30 heavy (non-hydrogen) atoms. The van der Waals surface area contributed by atoms with Crippen molar-refractivity contribution in [2.75, 3.05) is 5.73 Å². The molecule has 3 aromatic heterocycles. The lowest BCUT2D eigenvalue weighted by atomic mass is 9.95. The monoisotopic (exact) mass is 428 g/mol. The van der Waals surface area contributed by atoms with Gasteiger partial charge in [-0.15, -0.1) is 11.3 Å². The van der Waals surface area contributed by atoms with Gasteiger partial charge in [0.15, 0.2) is 5.69 Å². The summed E-state index contributed by atoms with van der Waals surface area (Å²) < 4.78 is 39.3. The molecule has 150 valence electrons. The number of anilines is 1. The molecule has 0 saturated carbocycles. The van der Waals surface area contributed by atoms with E-state index in [1.807, 2.05) is 6.07 Å². The largest absolute Gasteiger partial charge is 0.434 e. The van der Waals surface area contributed by atoms with Gasteiger partial charge in [-0.2, -0.15) is 18.3 Å². The average molecular weight is 428 g/mol. The molecule has 0 unspecified atom stereocenters. The number of nitrogens with zero attached hydrogens (tertiary/aromatic N) is 3. The number of hydrogen-bond donors (Lipinski definition) is 3. The minimum atomic E-state index is -4.57. The normalized spacial score (nSPS) is 12.1. The number of nitrogens with one attached hydrogen (secondary N) is 2. The van der Waals surface area contributed by atoms with Crippen molar-refractivity contribution >= 4 is 38.8 Å². The fourth-order valence-corrected chi connectivity index (χ4v) is 4.24. The van der Waals surface area contributed by atoms with Crippen LogP contribution in [-0.4, -0.2) is 25.1 Å². The van der Waals surface area contributed by atoms with Crippen LogP contribution in [0, 0.1) is 0 Å². The van der Waals surface area contributed by atoms with E-state index in [1.54, 1.807) is 24.4 Å². The molecular weight excluding hydrogens is 417 g/mol. The van der Waals surface area contributed by atoms with E-state index in [0.717, 1.165) is 27.6 Å². The van der Waals surface area contributed by atoms with Crippen LogP contribution in [0.2, 0.25) is 0 Å². The summed E-state index contributed by atoms with van der Waals surface area (Å²) in [5.74, 6) is 0. The minimum Gasteiger partial charge on any atom is -0.398 e. The highest BCUT2D eigenvalue weighted by Crippen LogP contribution is 2.41. The van der Waals surface area contributed by atoms with Crippen LogP contribution in [0.3, 0.4) is 0 Å². The van der Waals surface area contributed by atoms with Crippen LogP contribution < -0.4 is 11.3 Å². The van der Waals surface area contributed by atoms with Crippen molar-refractivity contribution in [3.05, 3.63) is 58.2 Å². The molecular formula is C19H11F3N6OS. The summed E-state index contributed by atoms with van der Waals surface area (Å²) in [5.41, 5.74) is 7.40. The van der Waals surface area contributed by atoms with Gasteiger partial charge in [-0.25, -0.2) is 9.97 Å². The Morgan fingerprint density at radius 1 is 1.13 bits per heavy atom. The zero-order valence-corrected chi connectivity index (χ0v) is 15.7. The van der Waals surface area contributed by atoms with Crippen molar-refractivity contribution in [1.82, 2.24) is 25.1 Å². The molecule has 5 aromatic rings. The summed E-state index contributed by atoms with van der Waals surface area (Å²) in [6.07, 6.45) is -1.77. The number of hydrogen-bond acceptors (Lipinski definition) is 6. The first kappa shape index (κ1) is 18.3. The molecule has 0 spiro atoms. The summed E-state index contributed by atoms with van der Waals surface area (Å²) in [5, 5.41) is 8.75. The lowest BCUT2D eigenvalue weighted by Crippen LogP contribution is -2.10. The third-order valence-corrected chi connectivity index (χ3v) is 5.63. The van der Waals surface area contributed by atoms with Gasteiger partial charge in [0, 0.05) is 21.9 Å². The zero-order chi connectivity index (χ0) is 21.0. The van der Waals surface area contributed by atoms with Gasteiger partial charge < -0.3 is 10.7 Å². The van der Waals surface area contributed by atoms with Crippen LogP contribution in [-0.2, 0) is 6.18 Å². The predicted octanol–water partition coefficient (Wildman–Crippen LogP) is 4.19. The number of alkyl halides is 3. The molecule has 0 atom stereocenters. The van der Waals surface area contributed by atoms with E-state index >= 15 is 0 Å². The molecule has 0 bridgehead atoms. The molecule has 0 radical (unpaired) electrons. The van der Waals surface area contributed by atoms with Gasteiger partial charge in [-0.3, -0.25) is 9.89 Å². The second-order valence-electron chi connectivity index (χ2n) is 6.51. The van der Waals surface area contributed by atoms with Gasteiger partial charge in [0.1, 0.15) is 5.01 Å². The Balaban J connectivity index is 1.87. The number of nitrogen functional groups attached to an aromatic ring is 1. The van der Waals surface area contributed by atoms with Gasteiger partial charge in [-0.1, -0.05) is 12.1 Å². The van der Waals surface area contributed by atoms with Crippen LogP contribution in [0.5, 0.6) is 0 Å². The maximum atomic E-state index is 13.1. The fourth-order valence-electron chi connectivity index (χ4n) is 3.40. The number of H-pyrrole nitrogens is 2. The molecule has 7 nitrogen and oxygen atoms in total. The molecule has 0 amide bonds. The van der Waals surface area contributed by atoms with E-state index in [2.05, 4.69) is 25.1 Å². The fraction of sp³-hybridized carbons (Fsp3) is 0.0526. The number of aromatic nitrogens is 5. The Hall–Kier alpha value is -3.73. The maximum absolute atomic E-state index is 13.1. The van der Waals surface area contributed by atoms with E-state index in [0.29, 0.717) is 16.7 Å². The Kier molecular flexibility index (Phi) is 3.90. The van der Waals surface area contributed by atoms with Crippen LogP contribution >= 0.6 is 11.3 Å². The van der Waals surface area contributed by atoms with Crippen molar-refractivity contribution in [3.8, 4) is 21.7 Å². The number of halogens is 3. The average Bonchev–Trinajstić information content (AvgIpc) is 3.37. The third-order valence-electron chi connectivity index (χ3n) is 4.76. The number of thiazole rings is 1. The first-order valence-corrected chi connectivity index (χ1v) is 9.48. The second-order valence-corrected chi connectivity index (χ2v) is 7.37. The van der Waals surface area contributed by atoms with Gasteiger partial charge in [0.2, 0.25) is 0 Å². The molecule has 11 heteroatoms. The van der Waals surface area contributed by atoms with Crippen molar-refractivity contribution in [2.24, 2.45) is 0 Å². The highest BCUT2D eigenvalue weighted by atomic mass is 32.1. The van der Waals surface area contributed by atoms with Crippen LogP contribution in [0.15, 0.2) is 47.0 Å². The van der Waals surface area contributed by atoms with Gasteiger partial charge in [0.25, 0.3) is 5.56 Å². The molecule has 5 rings (SSSR count). The molecule has 0 aliphatic carbocycles. The lowest BCUT2D eigenvalue weighted by Gasteiger charge is -2.13. The smallest absolute Gasteiger partial charge is 0.398 e. The second kappa shape index (κ2) is 6.39. The summed E-state index contributed by atoms with van der Waals surface area (Å²) in [6.45, 7) is 0. The quantitative estimate of drug-likeness (QED) is 0.365. The number of fused-ring (bicyclic) bond motifs is 2. The van der Waals surface area contributed by atoms with Gasteiger partial charge in [-0.05, 0) is 17.7 Å². The third kappa shape index (κ3) is 2.74. The van der Waals surface area contributed by atoms with Crippen molar-refractivity contribution in [1.29, 1.82) is 0 Å². The molecule has 3 heterocycles. The molecule has 0 aliphatic rings. The van der Waals surface area contributed by atoms with Crippen LogP contribution in [0.25, 0.3) is 43.5 Å². The van der Waals surface area contributed by atoms with Crippen molar-refractivity contribution < 1.29 is 13.2 Å². The summed E-state index contributed by atoms with van der Waals surface area (Å²) in [4.78, 5) is 22.9. The van der Waals surface area contributed by atoms with Crippen LogP contribution in [0.4, 0.5) is 18.9 Å². The van der Waals surface area contributed by atoms with Crippen molar-refractivity contribution in [3.63, 3.8) is 0 Å². The maximum Gasteiger partial charge on any atom is 0.434 e. The summed E-state index contributed by atoms with van der Waals surface area (Å²) in [7, 11) is 0. The summed E-state index contributed by atoms with van der Waals surface area (Å²) >= 11 is 0.823. The zero-order valence-electron chi connectivity index (χ0n) is 14.9. The lowest BCUT2D eigenvalue weighted by molar-refractivity contribution is -0.140. The Morgan fingerprint density at radius 3 is 2.73 bits per heavy atom. The van der Waals surface area contributed by atoms with Gasteiger partial charge in [0.05, 0.1) is 34.6 Å². The Bertz CT molecular complexity index is 1480. The molecule has 0 aliphatic heterocycles.